The summed E-state index contributed by atoms with van der Waals surface area (Å²) in [5.74, 6) is -0.663. The van der Waals surface area contributed by atoms with Crippen LogP contribution >= 0.6 is 11.8 Å². The van der Waals surface area contributed by atoms with Gasteiger partial charge in [0.1, 0.15) is 6.54 Å². The molecule has 1 N–H and O–H groups in total. The smallest absolute Gasteiger partial charge is 0.354 e. The van der Waals surface area contributed by atoms with Gasteiger partial charge in [-0.3, -0.25) is 14.5 Å². The van der Waals surface area contributed by atoms with E-state index in [9.17, 15) is 22.8 Å². The topological polar surface area (TPSA) is 49.4 Å². The summed E-state index contributed by atoms with van der Waals surface area (Å²) in [5, 5.41) is 2.87. The van der Waals surface area contributed by atoms with Gasteiger partial charge in [-0.25, -0.2) is 0 Å². The number of thioether (sulfide) groups is 1. The number of nitrogens with one attached hydrogen (secondary N) is 1. The Morgan fingerprint density at radius 2 is 1.77 bits per heavy atom. The van der Waals surface area contributed by atoms with Gasteiger partial charge in [0.05, 0.1) is 16.2 Å². The summed E-state index contributed by atoms with van der Waals surface area (Å²) in [7, 11) is 0. The molecular formula is C27H23F3N2O2S. The molecule has 3 aromatic rings. The number of halogens is 3. The van der Waals surface area contributed by atoms with Crippen molar-refractivity contribution in [2.24, 2.45) is 0 Å². The predicted molar refractivity (Wildman–Crippen MR) is 132 cm³/mol. The number of rotatable bonds is 6. The van der Waals surface area contributed by atoms with E-state index in [-0.39, 0.29) is 18.4 Å². The van der Waals surface area contributed by atoms with Crippen molar-refractivity contribution in [3.8, 4) is 0 Å². The van der Waals surface area contributed by atoms with Crippen molar-refractivity contribution in [1.82, 2.24) is 5.32 Å². The molecule has 0 aromatic heterocycles. The first-order valence-corrected chi connectivity index (χ1v) is 11.8. The quantitative estimate of drug-likeness (QED) is 0.436. The number of alkyl halides is 3. The fourth-order valence-electron chi connectivity index (χ4n) is 3.75. The van der Waals surface area contributed by atoms with Crippen molar-refractivity contribution in [2.45, 2.75) is 24.4 Å². The largest absolute Gasteiger partial charge is 0.416 e. The van der Waals surface area contributed by atoms with Crippen LogP contribution in [0.3, 0.4) is 0 Å². The fourth-order valence-corrected chi connectivity index (χ4v) is 4.81. The molecule has 4 nitrogen and oxygen atoms in total. The van der Waals surface area contributed by atoms with E-state index in [2.05, 4.69) is 11.4 Å². The second kappa shape index (κ2) is 10.4. The maximum Gasteiger partial charge on any atom is 0.416 e. The van der Waals surface area contributed by atoms with Gasteiger partial charge in [-0.2, -0.15) is 13.2 Å². The number of nitrogens with zero attached hydrogens (tertiary/aromatic N) is 1. The molecule has 0 aliphatic carbocycles. The lowest BCUT2D eigenvalue weighted by Crippen LogP contribution is -2.43. The lowest BCUT2D eigenvalue weighted by atomic mass is 10.1. The summed E-state index contributed by atoms with van der Waals surface area (Å²) in [4.78, 5) is 28.5. The van der Waals surface area contributed by atoms with Gasteiger partial charge < -0.3 is 5.32 Å². The van der Waals surface area contributed by atoms with Gasteiger partial charge >= 0.3 is 6.18 Å². The number of carbonyl (C=O) groups is 2. The molecule has 1 aliphatic heterocycles. The van der Waals surface area contributed by atoms with Gasteiger partial charge in [0.2, 0.25) is 5.91 Å². The van der Waals surface area contributed by atoms with E-state index >= 15 is 0 Å². The molecule has 8 heteroatoms. The zero-order chi connectivity index (χ0) is 25.0. The molecule has 35 heavy (non-hydrogen) atoms. The van der Waals surface area contributed by atoms with Crippen molar-refractivity contribution < 1.29 is 22.8 Å². The number of para-hydroxylation sites is 1. The number of benzene rings is 3. The van der Waals surface area contributed by atoms with E-state index in [4.69, 9.17) is 0 Å². The molecule has 0 radical (unpaired) electrons. The first-order valence-electron chi connectivity index (χ1n) is 11.0. The van der Waals surface area contributed by atoms with Crippen LogP contribution in [0, 0.1) is 6.92 Å². The van der Waals surface area contributed by atoms with Gasteiger partial charge in [-0.15, -0.1) is 0 Å². The second-order valence-corrected chi connectivity index (χ2v) is 9.26. The van der Waals surface area contributed by atoms with E-state index in [0.29, 0.717) is 29.1 Å². The molecule has 1 heterocycles. The minimum absolute atomic E-state index is 0.158. The van der Waals surface area contributed by atoms with E-state index in [1.165, 1.54) is 28.8 Å². The van der Waals surface area contributed by atoms with E-state index < -0.39 is 11.7 Å². The molecular weight excluding hydrogens is 473 g/mol. The molecule has 0 saturated heterocycles. The Balaban J connectivity index is 1.48. The number of carbonyl (C=O) groups excluding carboxylic acids is 2. The molecule has 3 aromatic carbocycles. The Morgan fingerprint density at radius 3 is 2.49 bits per heavy atom. The summed E-state index contributed by atoms with van der Waals surface area (Å²) in [6.07, 6.45) is -2.21. The van der Waals surface area contributed by atoms with Crippen LogP contribution in [0.5, 0.6) is 0 Å². The van der Waals surface area contributed by atoms with E-state index in [1.54, 1.807) is 18.2 Å². The van der Waals surface area contributed by atoms with Gasteiger partial charge in [-0.1, -0.05) is 65.9 Å². The predicted octanol–water partition coefficient (Wildman–Crippen LogP) is 5.85. The molecule has 0 atom stereocenters. The van der Waals surface area contributed by atoms with Crippen LogP contribution in [0.4, 0.5) is 18.9 Å². The van der Waals surface area contributed by atoms with Gasteiger partial charge in [0.25, 0.3) is 5.91 Å². The van der Waals surface area contributed by atoms with Crippen LogP contribution in [0.25, 0.3) is 6.08 Å². The molecule has 0 fully saturated rings. The van der Waals surface area contributed by atoms with Crippen molar-refractivity contribution in [3.63, 3.8) is 0 Å². The van der Waals surface area contributed by atoms with Crippen LogP contribution in [-0.2, 0) is 22.2 Å². The molecule has 0 saturated carbocycles. The third-order valence-corrected chi connectivity index (χ3v) is 6.57. The lowest BCUT2D eigenvalue weighted by Gasteiger charge is -2.29. The van der Waals surface area contributed by atoms with Crippen molar-refractivity contribution in [1.29, 1.82) is 0 Å². The highest BCUT2D eigenvalue weighted by Gasteiger charge is 2.31. The van der Waals surface area contributed by atoms with Crippen LogP contribution in [0.1, 0.15) is 22.3 Å². The van der Waals surface area contributed by atoms with Crippen LogP contribution in [-0.4, -0.2) is 24.9 Å². The SMILES string of the molecule is Cc1cccc(CCNC(=O)CN2C(=O)C(=Cc3ccc(C(F)(F)F)cc3)Sc3ccccc32)c1. The minimum atomic E-state index is -4.43. The number of aryl methyl sites for hydroxylation is 1. The first-order chi connectivity index (χ1) is 16.7. The maximum absolute atomic E-state index is 13.3. The zero-order valence-corrected chi connectivity index (χ0v) is 19.7. The highest BCUT2D eigenvalue weighted by atomic mass is 32.2. The molecule has 0 unspecified atom stereocenters. The third kappa shape index (κ3) is 6.14. The van der Waals surface area contributed by atoms with Gasteiger partial charge in [0.15, 0.2) is 0 Å². The van der Waals surface area contributed by atoms with Crippen LogP contribution < -0.4 is 10.2 Å². The zero-order valence-electron chi connectivity index (χ0n) is 18.9. The average molecular weight is 497 g/mol. The standard InChI is InChI=1S/C27H23F3N2O2S/c1-18-5-4-6-19(15-18)13-14-31-25(33)17-32-22-7-2-3-8-23(22)35-24(26(32)34)16-20-9-11-21(12-10-20)27(28,29)30/h2-12,15-16H,13-14,17H2,1H3,(H,31,33). The van der Waals surface area contributed by atoms with Gasteiger partial charge in [0, 0.05) is 11.4 Å². The van der Waals surface area contributed by atoms with Crippen LogP contribution in [0.15, 0.2) is 82.6 Å². The monoisotopic (exact) mass is 496 g/mol. The fraction of sp³-hybridized carbons (Fsp3) is 0.185. The number of amides is 2. The first kappa shape index (κ1) is 24.6. The number of anilines is 1. The molecule has 4 rings (SSSR count). The summed E-state index contributed by atoms with van der Waals surface area (Å²) in [5.41, 5.74) is 2.60. The van der Waals surface area contributed by atoms with Crippen molar-refractivity contribution >= 4 is 35.3 Å². The second-order valence-electron chi connectivity index (χ2n) is 8.18. The number of fused-ring (bicyclic) bond motifs is 1. The molecule has 2 amide bonds. The minimum Gasteiger partial charge on any atom is -0.354 e. The Labute approximate surface area is 205 Å². The highest BCUT2D eigenvalue weighted by molar-refractivity contribution is 8.04. The number of hydrogen-bond donors (Lipinski definition) is 1. The Kier molecular flexibility index (Phi) is 7.31. The molecule has 0 spiro atoms. The summed E-state index contributed by atoms with van der Waals surface area (Å²) < 4.78 is 38.6. The maximum atomic E-state index is 13.3. The average Bonchev–Trinajstić information content (AvgIpc) is 2.81. The molecule has 1 aliphatic rings. The Bertz CT molecular complexity index is 1270. The summed E-state index contributed by atoms with van der Waals surface area (Å²) in [6.45, 7) is 2.29. The third-order valence-electron chi connectivity index (χ3n) is 5.49. The normalized spacial score (nSPS) is 14.7. The molecule has 180 valence electrons. The summed E-state index contributed by atoms with van der Waals surface area (Å²) in [6, 6.07) is 19.9. The Morgan fingerprint density at radius 1 is 1.03 bits per heavy atom. The van der Waals surface area contributed by atoms with E-state index in [1.807, 2.05) is 37.3 Å². The van der Waals surface area contributed by atoms with Crippen molar-refractivity contribution in [3.05, 3.63) is 100.0 Å². The highest BCUT2D eigenvalue weighted by Crippen LogP contribution is 2.42. The van der Waals surface area contributed by atoms with Gasteiger partial charge in [-0.05, 0) is 54.8 Å². The summed E-state index contributed by atoms with van der Waals surface area (Å²) >= 11 is 1.23. The molecule has 0 bridgehead atoms. The van der Waals surface area contributed by atoms with Crippen molar-refractivity contribution in [2.75, 3.05) is 18.0 Å². The van der Waals surface area contributed by atoms with E-state index in [0.717, 1.165) is 28.2 Å². The Hall–Kier alpha value is -3.52. The number of hydrogen-bond acceptors (Lipinski definition) is 3. The van der Waals surface area contributed by atoms with Crippen LogP contribution in [0.2, 0.25) is 0 Å². The lowest BCUT2D eigenvalue weighted by molar-refractivity contribution is -0.137.